The van der Waals surface area contributed by atoms with E-state index in [1.165, 1.54) is 24.0 Å². The van der Waals surface area contributed by atoms with Gasteiger partial charge >= 0.3 is 0 Å². The van der Waals surface area contributed by atoms with Crippen LogP contribution in [0.5, 0.6) is 0 Å². The van der Waals surface area contributed by atoms with E-state index in [1.54, 1.807) is 0 Å². The van der Waals surface area contributed by atoms with E-state index in [9.17, 15) is 4.21 Å². The van der Waals surface area contributed by atoms with Crippen molar-refractivity contribution < 1.29 is 4.21 Å². The fourth-order valence-corrected chi connectivity index (χ4v) is 5.75. The Morgan fingerprint density at radius 1 is 1.26 bits per heavy atom. The highest BCUT2D eigenvalue weighted by Crippen LogP contribution is 2.37. The summed E-state index contributed by atoms with van der Waals surface area (Å²) in [5.74, 6) is 0. The first-order valence-electron chi connectivity index (χ1n) is 7.52. The monoisotopic (exact) mass is 277 g/mol. The Hall–Kier alpha value is -0.670. The van der Waals surface area contributed by atoms with Crippen LogP contribution in [0.1, 0.15) is 49.8 Å². The van der Waals surface area contributed by atoms with Crippen LogP contribution in [0, 0.1) is 0 Å². The lowest BCUT2D eigenvalue weighted by atomic mass is 10.1. The lowest BCUT2D eigenvalue weighted by Gasteiger charge is -2.23. The average Bonchev–Trinajstić information content (AvgIpc) is 3.06. The molecule has 3 unspecified atom stereocenters. The largest absolute Gasteiger partial charge is 0.309 e. The van der Waals surface area contributed by atoms with Gasteiger partial charge in [-0.15, -0.1) is 0 Å². The molecule has 1 N–H and O–H groups in total. The van der Waals surface area contributed by atoms with Crippen molar-refractivity contribution in [3.63, 3.8) is 0 Å². The van der Waals surface area contributed by atoms with E-state index in [0.717, 1.165) is 25.8 Å². The quantitative estimate of drug-likeness (QED) is 0.917. The lowest BCUT2D eigenvalue weighted by Crippen LogP contribution is -2.35. The molecule has 2 aliphatic carbocycles. The van der Waals surface area contributed by atoms with Gasteiger partial charge in [0.1, 0.15) is 0 Å². The molecule has 0 aliphatic heterocycles. The second kappa shape index (κ2) is 5.76. The van der Waals surface area contributed by atoms with Crippen molar-refractivity contribution in [1.82, 2.24) is 5.32 Å². The minimum atomic E-state index is -0.691. The highest BCUT2D eigenvalue weighted by Gasteiger charge is 2.38. The molecule has 1 aromatic rings. The molecule has 2 nitrogen and oxygen atoms in total. The summed E-state index contributed by atoms with van der Waals surface area (Å²) in [6, 6.07) is 8.90. The maximum atomic E-state index is 12.9. The van der Waals surface area contributed by atoms with Gasteiger partial charge in [-0.3, -0.25) is 4.21 Å². The smallest absolute Gasteiger partial charge is 0.0586 e. The van der Waals surface area contributed by atoms with Crippen LogP contribution in [0.2, 0.25) is 0 Å². The zero-order chi connectivity index (χ0) is 13.2. The van der Waals surface area contributed by atoms with Gasteiger partial charge in [0.25, 0.3) is 0 Å². The van der Waals surface area contributed by atoms with Crippen LogP contribution in [-0.2, 0) is 17.2 Å². The molecule has 0 amide bonds. The van der Waals surface area contributed by atoms with E-state index in [0.29, 0.717) is 11.3 Å². The number of nitrogens with one attached hydrogen (secondary N) is 1. The van der Waals surface area contributed by atoms with Crippen LogP contribution in [0.4, 0.5) is 0 Å². The van der Waals surface area contributed by atoms with Gasteiger partial charge in [-0.2, -0.15) is 0 Å². The summed E-state index contributed by atoms with van der Waals surface area (Å²) in [6.45, 7) is 3.08. The maximum Gasteiger partial charge on any atom is 0.0586 e. The zero-order valence-electron chi connectivity index (χ0n) is 11.6. The molecule has 3 atom stereocenters. The number of benzene rings is 1. The first-order chi connectivity index (χ1) is 9.31. The van der Waals surface area contributed by atoms with Gasteiger partial charge in [0.05, 0.1) is 5.25 Å². The molecular weight excluding hydrogens is 254 g/mol. The molecule has 1 saturated carbocycles. The molecule has 0 radical (unpaired) electrons. The van der Waals surface area contributed by atoms with Crippen LogP contribution in [0.3, 0.4) is 0 Å². The number of fused-ring (bicyclic) bond motifs is 1. The Kier molecular flexibility index (Phi) is 4.04. The minimum absolute atomic E-state index is 0.278. The van der Waals surface area contributed by atoms with Gasteiger partial charge in [-0.25, -0.2) is 0 Å². The molecule has 19 heavy (non-hydrogen) atoms. The van der Waals surface area contributed by atoms with Gasteiger partial charge < -0.3 is 5.32 Å². The number of hydrogen-bond donors (Lipinski definition) is 1. The van der Waals surface area contributed by atoms with Crippen LogP contribution >= 0.6 is 0 Å². The van der Waals surface area contributed by atoms with Gasteiger partial charge in [0, 0.05) is 22.1 Å². The molecule has 0 spiro atoms. The van der Waals surface area contributed by atoms with Crippen molar-refractivity contribution in [2.75, 3.05) is 6.54 Å². The van der Waals surface area contributed by atoms with Crippen molar-refractivity contribution in [2.45, 2.75) is 55.6 Å². The summed E-state index contributed by atoms with van der Waals surface area (Å²) in [5, 5.41) is 4.29. The zero-order valence-corrected chi connectivity index (χ0v) is 12.4. The van der Waals surface area contributed by atoms with Crippen molar-refractivity contribution in [3.8, 4) is 0 Å². The van der Waals surface area contributed by atoms with Gasteiger partial charge in [0.15, 0.2) is 0 Å². The molecule has 0 saturated heterocycles. The standard InChI is InChI=1S/C16H23NOS/c1-2-17-16-14-10-6-3-7-12(14)11-15(16)19(18)13-8-4-5-9-13/h3,6-7,10,13,15-17H,2,4-5,8-9,11H2,1H3. The Balaban J connectivity index is 1.84. The predicted octanol–water partition coefficient (Wildman–Crippen LogP) is 2.95. The van der Waals surface area contributed by atoms with E-state index in [4.69, 9.17) is 0 Å². The van der Waals surface area contributed by atoms with Gasteiger partial charge in [0.2, 0.25) is 0 Å². The third-order valence-corrected chi connectivity index (χ3v) is 6.70. The third-order valence-electron chi connectivity index (χ3n) is 4.54. The second-order valence-corrected chi connectivity index (χ2v) is 7.64. The van der Waals surface area contributed by atoms with E-state index in [-0.39, 0.29) is 5.25 Å². The number of rotatable bonds is 4. The summed E-state index contributed by atoms with van der Waals surface area (Å²) in [6.07, 6.45) is 5.84. The van der Waals surface area contributed by atoms with Gasteiger partial charge in [-0.1, -0.05) is 44.0 Å². The molecule has 1 aromatic carbocycles. The Bertz CT molecular complexity index is 468. The lowest BCUT2D eigenvalue weighted by molar-refractivity contribution is 0.542. The first kappa shape index (κ1) is 13.3. The van der Waals surface area contributed by atoms with Crippen molar-refractivity contribution in [3.05, 3.63) is 35.4 Å². The molecule has 3 heteroatoms. The van der Waals surface area contributed by atoms with E-state index in [2.05, 4.69) is 36.5 Å². The van der Waals surface area contributed by atoms with E-state index < -0.39 is 10.8 Å². The summed E-state index contributed by atoms with van der Waals surface area (Å²) in [4.78, 5) is 0. The Morgan fingerprint density at radius 3 is 2.74 bits per heavy atom. The van der Waals surface area contributed by atoms with Crippen LogP contribution in [-0.4, -0.2) is 21.3 Å². The molecule has 1 fully saturated rings. The molecule has 0 heterocycles. The molecule has 3 rings (SSSR count). The van der Waals surface area contributed by atoms with Crippen LogP contribution in [0.15, 0.2) is 24.3 Å². The summed E-state index contributed by atoms with van der Waals surface area (Å²) < 4.78 is 12.9. The van der Waals surface area contributed by atoms with Gasteiger partial charge in [-0.05, 0) is 36.9 Å². The fourth-order valence-electron chi connectivity index (χ4n) is 3.60. The summed E-state index contributed by atoms with van der Waals surface area (Å²) in [7, 11) is -0.691. The third kappa shape index (κ3) is 2.50. The highest BCUT2D eigenvalue weighted by atomic mass is 32.2. The Morgan fingerprint density at radius 2 is 2.00 bits per heavy atom. The highest BCUT2D eigenvalue weighted by molar-refractivity contribution is 7.86. The first-order valence-corrected chi connectivity index (χ1v) is 8.79. The summed E-state index contributed by atoms with van der Waals surface area (Å²) >= 11 is 0. The Labute approximate surface area is 118 Å². The number of hydrogen-bond acceptors (Lipinski definition) is 2. The van der Waals surface area contributed by atoms with E-state index >= 15 is 0 Å². The molecule has 2 aliphatic rings. The van der Waals surface area contributed by atoms with Crippen LogP contribution in [0.25, 0.3) is 0 Å². The topological polar surface area (TPSA) is 29.1 Å². The SMILES string of the molecule is CCNC1c2ccccc2CC1S(=O)C1CCCC1. The van der Waals surface area contributed by atoms with Crippen LogP contribution < -0.4 is 5.32 Å². The molecular formula is C16H23NOS. The normalized spacial score (nSPS) is 28.5. The van der Waals surface area contributed by atoms with Crippen molar-refractivity contribution >= 4 is 10.8 Å². The summed E-state index contributed by atoms with van der Waals surface area (Å²) in [5.41, 5.74) is 2.77. The molecule has 104 valence electrons. The molecule has 0 bridgehead atoms. The van der Waals surface area contributed by atoms with E-state index in [1.807, 2.05) is 0 Å². The van der Waals surface area contributed by atoms with Crippen molar-refractivity contribution in [2.24, 2.45) is 0 Å². The molecule has 0 aromatic heterocycles. The average molecular weight is 277 g/mol. The maximum absolute atomic E-state index is 12.9. The second-order valence-electron chi connectivity index (χ2n) is 5.71. The fraction of sp³-hybridized carbons (Fsp3) is 0.625. The van der Waals surface area contributed by atoms with Crippen molar-refractivity contribution in [1.29, 1.82) is 0 Å². The minimum Gasteiger partial charge on any atom is -0.309 e. The predicted molar refractivity (Wildman–Crippen MR) is 80.8 cm³/mol.